The van der Waals surface area contributed by atoms with E-state index in [4.69, 9.17) is 0 Å². The Balaban J connectivity index is 1.62. The first-order valence-electron chi connectivity index (χ1n) is 8.66. The van der Waals surface area contributed by atoms with Crippen molar-refractivity contribution in [1.82, 2.24) is 0 Å². The van der Waals surface area contributed by atoms with Crippen LogP contribution in [0.5, 0.6) is 0 Å². The molecule has 110 valence electrons. The topological polar surface area (TPSA) is 40.5 Å². The van der Waals surface area contributed by atoms with Crippen LogP contribution in [0.15, 0.2) is 24.3 Å². The Bertz CT molecular complexity index is 640. The van der Waals surface area contributed by atoms with E-state index in [1.165, 1.54) is 17.5 Å². The molecule has 0 amide bonds. The number of aliphatic hydroxyl groups is 2. The van der Waals surface area contributed by atoms with E-state index in [1.54, 1.807) is 0 Å². The molecular weight excluding hydrogens is 260 g/mol. The highest BCUT2D eigenvalue weighted by atomic mass is 16.3. The van der Waals surface area contributed by atoms with Crippen molar-refractivity contribution in [3.8, 4) is 0 Å². The van der Waals surface area contributed by atoms with E-state index in [9.17, 15) is 10.2 Å². The van der Waals surface area contributed by atoms with Crippen LogP contribution in [0.3, 0.4) is 0 Å². The Morgan fingerprint density at radius 2 is 1.86 bits per heavy atom. The van der Waals surface area contributed by atoms with Crippen molar-refractivity contribution in [2.24, 2.45) is 35.5 Å². The second-order valence-corrected chi connectivity index (χ2v) is 8.44. The summed E-state index contributed by atoms with van der Waals surface area (Å²) in [6.45, 7) is 0. The molecule has 1 aromatic rings. The monoisotopic (exact) mass is 282 g/mol. The molecule has 9 unspecified atom stereocenters. The third-order valence-corrected chi connectivity index (χ3v) is 8.19. The summed E-state index contributed by atoms with van der Waals surface area (Å²) < 4.78 is 0. The van der Waals surface area contributed by atoms with Crippen molar-refractivity contribution in [2.75, 3.05) is 0 Å². The molecule has 0 heterocycles. The van der Waals surface area contributed by atoms with Gasteiger partial charge in [0, 0.05) is 5.41 Å². The summed E-state index contributed by atoms with van der Waals surface area (Å²) in [6.07, 6.45) is 4.22. The van der Waals surface area contributed by atoms with E-state index >= 15 is 0 Å². The average molecular weight is 282 g/mol. The summed E-state index contributed by atoms with van der Waals surface area (Å²) in [7, 11) is 0. The number of fused-ring (bicyclic) bond motifs is 2. The zero-order valence-corrected chi connectivity index (χ0v) is 12.2. The maximum Gasteiger partial charge on any atom is 0.0673 e. The van der Waals surface area contributed by atoms with Gasteiger partial charge in [0.25, 0.3) is 0 Å². The molecule has 6 aliphatic rings. The lowest BCUT2D eigenvalue weighted by Crippen LogP contribution is -2.55. The highest BCUT2D eigenvalue weighted by molar-refractivity contribution is 5.46. The van der Waals surface area contributed by atoms with Gasteiger partial charge in [-0.15, -0.1) is 0 Å². The fourth-order valence-electron chi connectivity index (χ4n) is 7.87. The molecule has 6 aliphatic carbocycles. The molecule has 7 rings (SSSR count). The van der Waals surface area contributed by atoms with Gasteiger partial charge in [0.1, 0.15) is 0 Å². The molecule has 0 aliphatic heterocycles. The number of rotatable bonds is 0. The van der Waals surface area contributed by atoms with E-state index in [-0.39, 0.29) is 17.6 Å². The zero-order valence-electron chi connectivity index (χ0n) is 12.2. The summed E-state index contributed by atoms with van der Waals surface area (Å²) in [4.78, 5) is 0. The van der Waals surface area contributed by atoms with Gasteiger partial charge in [-0.05, 0) is 72.3 Å². The molecule has 0 aromatic heterocycles. The van der Waals surface area contributed by atoms with Crippen LogP contribution in [-0.4, -0.2) is 22.4 Å². The fraction of sp³-hybridized carbons (Fsp3) is 0.684. The molecule has 1 spiro atoms. The molecule has 2 N–H and O–H groups in total. The number of aliphatic hydroxyl groups excluding tert-OH is 2. The fourth-order valence-corrected chi connectivity index (χ4v) is 7.87. The number of hydrogen-bond donors (Lipinski definition) is 2. The molecule has 0 saturated heterocycles. The first-order valence-corrected chi connectivity index (χ1v) is 8.66. The molecule has 1 aromatic carbocycles. The molecule has 2 nitrogen and oxygen atoms in total. The predicted octanol–water partition coefficient (Wildman–Crippen LogP) is 2.12. The van der Waals surface area contributed by atoms with Crippen molar-refractivity contribution >= 4 is 0 Å². The van der Waals surface area contributed by atoms with Gasteiger partial charge < -0.3 is 10.2 Å². The third-order valence-electron chi connectivity index (χ3n) is 8.19. The third kappa shape index (κ3) is 1.05. The highest BCUT2D eigenvalue weighted by Gasteiger charge is 2.73. The molecule has 5 bridgehead atoms. The Morgan fingerprint density at radius 1 is 1.00 bits per heavy atom. The predicted molar refractivity (Wildman–Crippen MR) is 78.6 cm³/mol. The summed E-state index contributed by atoms with van der Waals surface area (Å²) in [5.74, 6) is 3.33. The lowest BCUT2D eigenvalue weighted by molar-refractivity contribution is -0.129. The second kappa shape index (κ2) is 3.38. The van der Waals surface area contributed by atoms with Crippen LogP contribution in [0.25, 0.3) is 0 Å². The van der Waals surface area contributed by atoms with Gasteiger partial charge in [0.15, 0.2) is 0 Å². The smallest absolute Gasteiger partial charge is 0.0673 e. The normalized spacial score (nSPS) is 58.4. The first kappa shape index (κ1) is 11.7. The van der Waals surface area contributed by atoms with Crippen LogP contribution in [0.2, 0.25) is 0 Å². The minimum atomic E-state index is -0.163. The van der Waals surface area contributed by atoms with Crippen molar-refractivity contribution in [3.05, 3.63) is 35.4 Å². The largest absolute Gasteiger partial charge is 0.393 e. The van der Waals surface area contributed by atoms with Crippen molar-refractivity contribution < 1.29 is 10.2 Å². The van der Waals surface area contributed by atoms with Gasteiger partial charge in [-0.3, -0.25) is 0 Å². The molecule has 21 heavy (non-hydrogen) atoms. The van der Waals surface area contributed by atoms with Gasteiger partial charge >= 0.3 is 0 Å². The van der Waals surface area contributed by atoms with Crippen LogP contribution in [0, 0.1) is 35.5 Å². The number of hydrogen-bond acceptors (Lipinski definition) is 2. The zero-order chi connectivity index (χ0) is 13.9. The van der Waals surface area contributed by atoms with Gasteiger partial charge in [-0.25, -0.2) is 0 Å². The summed E-state index contributed by atoms with van der Waals surface area (Å²) in [5.41, 5.74) is 2.96. The highest BCUT2D eigenvalue weighted by Crippen LogP contribution is 2.74. The quantitative estimate of drug-likeness (QED) is 0.765. The molecule has 5 saturated carbocycles. The standard InChI is InChI=1S/C19H22O2/c20-15-7-10-5-11-14-6-9-3-1-2-4-13(9)19(14)8-12(17(11)15)16(10)18(19)21/h1-4,10-12,14-18,20-21H,5-8H2. The minimum absolute atomic E-state index is 0.0336. The van der Waals surface area contributed by atoms with Crippen LogP contribution in [0.4, 0.5) is 0 Å². The lowest BCUT2D eigenvalue weighted by atomic mass is 9.49. The Kier molecular flexibility index (Phi) is 1.88. The first-order chi connectivity index (χ1) is 10.2. The summed E-state index contributed by atoms with van der Waals surface area (Å²) in [6, 6.07) is 8.84. The van der Waals surface area contributed by atoms with Crippen molar-refractivity contribution in [2.45, 2.75) is 43.3 Å². The Hall–Kier alpha value is -0.860. The van der Waals surface area contributed by atoms with Gasteiger partial charge in [-0.2, -0.15) is 0 Å². The van der Waals surface area contributed by atoms with E-state index < -0.39 is 0 Å². The SMILES string of the molecule is OC1CC2CC3C1C1CC4(c5ccccc5CC34)C(O)C21. The van der Waals surface area contributed by atoms with Gasteiger partial charge in [-0.1, -0.05) is 24.3 Å². The van der Waals surface area contributed by atoms with E-state index in [2.05, 4.69) is 24.3 Å². The second-order valence-electron chi connectivity index (χ2n) is 8.44. The van der Waals surface area contributed by atoms with Gasteiger partial charge in [0.05, 0.1) is 12.2 Å². The molecule has 2 heteroatoms. The molecule has 9 atom stereocenters. The van der Waals surface area contributed by atoms with Gasteiger partial charge in [0.2, 0.25) is 0 Å². The molecular formula is C19H22O2. The average Bonchev–Trinajstić information content (AvgIpc) is 2.94. The van der Waals surface area contributed by atoms with E-state index in [1.807, 2.05) is 0 Å². The summed E-state index contributed by atoms with van der Waals surface area (Å²) >= 11 is 0. The van der Waals surface area contributed by atoms with E-state index in [0.29, 0.717) is 35.5 Å². The van der Waals surface area contributed by atoms with E-state index in [0.717, 1.165) is 19.3 Å². The number of benzene rings is 1. The lowest BCUT2D eigenvalue weighted by Gasteiger charge is -2.56. The Labute approximate surface area is 125 Å². The van der Waals surface area contributed by atoms with Crippen LogP contribution in [0.1, 0.15) is 30.4 Å². The minimum Gasteiger partial charge on any atom is -0.393 e. The Morgan fingerprint density at radius 3 is 2.76 bits per heavy atom. The van der Waals surface area contributed by atoms with Crippen LogP contribution in [-0.2, 0) is 11.8 Å². The van der Waals surface area contributed by atoms with Crippen LogP contribution < -0.4 is 0 Å². The maximum absolute atomic E-state index is 11.3. The molecule has 0 radical (unpaired) electrons. The van der Waals surface area contributed by atoms with Crippen LogP contribution >= 0.6 is 0 Å². The van der Waals surface area contributed by atoms with Crippen molar-refractivity contribution in [3.63, 3.8) is 0 Å². The van der Waals surface area contributed by atoms with Crippen molar-refractivity contribution in [1.29, 1.82) is 0 Å². The summed E-state index contributed by atoms with van der Waals surface area (Å²) in [5, 5.41) is 21.9. The molecule has 5 fully saturated rings. The maximum atomic E-state index is 11.3.